The number of tetrazole rings is 1. The molecule has 4 rings (SSSR count). The maximum absolute atomic E-state index is 11.6. The first-order valence-electron chi connectivity index (χ1n) is 13.4. The van der Waals surface area contributed by atoms with E-state index in [2.05, 4.69) is 74.4 Å². The van der Waals surface area contributed by atoms with E-state index in [0.717, 1.165) is 62.7 Å². The van der Waals surface area contributed by atoms with Crippen LogP contribution in [0.25, 0.3) is 11.4 Å². The minimum atomic E-state index is -0.160. The lowest BCUT2D eigenvalue weighted by molar-refractivity contribution is -0.143. The average Bonchev–Trinajstić information content (AvgIpc) is 3.42. The molecule has 0 radical (unpaired) electrons. The maximum atomic E-state index is 11.6. The Morgan fingerprint density at radius 3 is 2.58 bits per heavy atom. The van der Waals surface area contributed by atoms with Crippen LogP contribution in [-0.4, -0.2) is 82.4 Å². The third-order valence-electron chi connectivity index (χ3n) is 6.89. The summed E-state index contributed by atoms with van der Waals surface area (Å²) in [5.41, 5.74) is 3.39. The van der Waals surface area contributed by atoms with Crippen molar-refractivity contribution >= 4 is 5.97 Å². The highest BCUT2D eigenvalue weighted by Crippen LogP contribution is 2.32. The molecule has 9 nitrogen and oxygen atoms in total. The number of rotatable bonds is 13. The summed E-state index contributed by atoms with van der Waals surface area (Å²) in [6.45, 7) is 11.7. The van der Waals surface area contributed by atoms with E-state index in [9.17, 15) is 4.79 Å². The Balaban J connectivity index is 1.50. The van der Waals surface area contributed by atoms with Gasteiger partial charge < -0.3 is 9.47 Å². The minimum absolute atomic E-state index is 0.115. The van der Waals surface area contributed by atoms with Gasteiger partial charge in [0.25, 0.3) is 0 Å². The summed E-state index contributed by atoms with van der Waals surface area (Å²) in [5.74, 6) is 1.42. The van der Waals surface area contributed by atoms with Gasteiger partial charge in [-0.2, -0.15) is 0 Å². The van der Waals surface area contributed by atoms with Gasteiger partial charge in [0.05, 0.1) is 19.8 Å². The van der Waals surface area contributed by atoms with Crippen LogP contribution in [0.1, 0.15) is 43.4 Å². The molecule has 0 saturated carbocycles. The second-order valence-electron chi connectivity index (χ2n) is 9.41. The fraction of sp³-hybridized carbons (Fsp3) is 0.448. The summed E-state index contributed by atoms with van der Waals surface area (Å²) in [5, 5.41) is 12.3. The average molecular weight is 519 g/mol. The first kappa shape index (κ1) is 27.5. The Labute approximate surface area is 225 Å². The summed E-state index contributed by atoms with van der Waals surface area (Å²) in [4.78, 5) is 16.6. The molecular weight excluding hydrogens is 480 g/mol. The molecule has 1 aliphatic heterocycles. The van der Waals surface area contributed by atoms with E-state index in [1.54, 1.807) is 11.8 Å². The van der Waals surface area contributed by atoms with Gasteiger partial charge in [-0.05, 0) is 53.5 Å². The Kier molecular flexibility index (Phi) is 10.0. The van der Waals surface area contributed by atoms with Crippen molar-refractivity contribution in [1.29, 1.82) is 0 Å². The Hall–Kier alpha value is -3.56. The highest BCUT2D eigenvalue weighted by atomic mass is 16.5. The van der Waals surface area contributed by atoms with E-state index >= 15 is 0 Å². The van der Waals surface area contributed by atoms with Crippen molar-refractivity contribution < 1.29 is 14.3 Å². The predicted octanol–water partition coefficient (Wildman–Crippen LogP) is 3.98. The lowest BCUT2D eigenvalue weighted by atomic mass is 9.95. The van der Waals surface area contributed by atoms with Crippen molar-refractivity contribution in [3.05, 3.63) is 72.3 Å². The van der Waals surface area contributed by atoms with Crippen molar-refractivity contribution in [2.24, 2.45) is 0 Å². The van der Waals surface area contributed by atoms with Crippen molar-refractivity contribution in [3.8, 4) is 17.1 Å². The minimum Gasteiger partial charge on any atom is -0.497 e. The van der Waals surface area contributed by atoms with Crippen LogP contribution >= 0.6 is 0 Å². The largest absolute Gasteiger partial charge is 0.497 e. The molecule has 0 spiro atoms. The molecular formula is C29H38N6O3. The van der Waals surface area contributed by atoms with Crippen LogP contribution in [0.4, 0.5) is 0 Å². The quantitative estimate of drug-likeness (QED) is 0.191. The van der Waals surface area contributed by atoms with E-state index in [1.165, 1.54) is 11.1 Å². The van der Waals surface area contributed by atoms with Crippen molar-refractivity contribution in [1.82, 2.24) is 30.0 Å². The molecule has 0 aliphatic carbocycles. The highest BCUT2D eigenvalue weighted by molar-refractivity contribution is 5.69. The van der Waals surface area contributed by atoms with Crippen LogP contribution in [0.15, 0.2) is 61.2 Å². The first-order chi connectivity index (χ1) is 18.6. The van der Waals surface area contributed by atoms with Gasteiger partial charge in [-0.3, -0.25) is 14.6 Å². The van der Waals surface area contributed by atoms with Gasteiger partial charge in [0.15, 0.2) is 5.82 Å². The van der Waals surface area contributed by atoms with Crippen molar-refractivity contribution in [2.75, 3.05) is 46.4 Å². The van der Waals surface area contributed by atoms with E-state index in [4.69, 9.17) is 9.47 Å². The molecule has 0 amide bonds. The van der Waals surface area contributed by atoms with Gasteiger partial charge in [-0.25, -0.2) is 4.68 Å². The summed E-state index contributed by atoms with van der Waals surface area (Å²) >= 11 is 0. The monoisotopic (exact) mass is 518 g/mol. The SMILES string of the molecule is C=CCN1CCN(C(c2ccc(-c3nnnn3CCCCC(=O)OCC)cc2)c2cccc(OC)c2)CC1. The molecule has 1 saturated heterocycles. The number of unbranched alkanes of at least 4 members (excludes halogenated alkanes) is 1. The van der Waals surface area contributed by atoms with Crippen LogP contribution in [0.2, 0.25) is 0 Å². The van der Waals surface area contributed by atoms with Gasteiger partial charge in [-0.1, -0.05) is 42.5 Å². The fourth-order valence-corrected chi connectivity index (χ4v) is 4.95. The number of ether oxygens (including phenoxy) is 2. The van der Waals surface area contributed by atoms with Crippen LogP contribution in [0.3, 0.4) is 0 Å². The Morgan fingerprint density at radius 2 is 1.87 bits per heavy atom. The predicted molar refractivity (Wildman–Crippen MR) is 147 cm³/mol. The molecule has 3 aromatic rings. The smallest absolute Gasteiger partial charge is 0.305 e. The van der Waals surface area contributed by atoms with Gasteiger partial charge in [-0.15, -0.1) is 11.7 Å². The summed E-state index contributed by atoms with van der Waals surface area (Å²) in [6.07, 6.45) is 3.92. The normalized spacial score (nSPS) is 15.2. The maximum Gasteiger partial charge on any atom is 0.305 e. The van der Waals surface area contributed by atoms with Crippen LogP contribution in [-0.2, 0) is 16.1 Å². The van der Waals surface area contributed by atoms with Crippen molar-refractivity contribution in [3.63, 3.8) is 0 Å². The van der Waals surface area contributed by atoms with Crippen LogP contribution in [0, 0.1) is 0 Å². The lowest BCUT2D eigenvalue weighted by Gasteiger charge is -2.39. The van der Waals surface area contributed by atoms with Crippen LogP contribution < -0.4 is 4.74 Å². The number of hydrogen-bond donors (Lipinski definition) is 0. The molecule has 202 valence electrons. The third kappa shape index (κ3) is 7.05. The number of carbonyl (C=O) groups excluding carboxylic acids is 1. The molecule has 0 bridgehead atoms. The molecule has 0 N–H and O–H groups in total. The number of carbonyl (C=O) groups is 1. The van der Waals surface area contributed by atoms with E-state index in [-0.39, 0.29) is 12.0 Å². The standard InChI is InChI=1S/C29H38N6O3/c1-4-16-33-18-20-34(21-19-33)28(25-9-8-10-26(22-25)37-3)23-12-14-24(15-13-23)29-30-31-32-35(29)17-7-6-11-27(36)38-5-2/h4,8-10,12-15,22,28H,1,5-7,11,16-21H2,2-3H3. The number of hydrogen-bond acceptors (Lipinski definition) is 8. The molecule has 38 heavy (non-hydrogen) atoms. The number of aryl methyl sites for hydroxylation is 1. The van der Waals surface area contributed by atoms with E-state index in [1.807, 2.05) is 19.1 Å². The number of esters is 1. The molecule has 9 heteroatoms. The molecule has 2 heterocycles. The summed E-state index contributed by atoms with van der Waals surface area (Å²) < 4.78 is 12.3. The molecule has 1 atom stereocenters. The number of nitrogens with zero attached hydrogens (tertiary/aromatic N) is 6. The molecule has 1 aromatic heterocycles. The van der Waals surface area contributed by atoms with Gasteiger partial charge >= 0.3 is 5.97 Å². The molecule has 2 aromatic carbocycles. The molecule has 1 aliphatic rings. The number of piperazine rings is 1. The molecule has 1 unspecified atom stereocenters. The van der Waals surface area contributed by atoms with E-state index in [0.29, 0.717) is 19.6 Å². The van der Waals surface area contributed by atoms with Gasteiger partial charge in [0.1, 0.15) is 5.75 Å². The lowest BCUT2D eigenvalue weighted by Crippen LogP contribution is -2.47. The highest BCUT2D eigenvalue weighted by Gasteiger charge is 2.26. The van der Waals surface area contributed by atoms with Gasteiger partial charge in [0.2, 0.25) is 0 Å². The Bertz CT molecular complexity index is 1170. The topological polar surface area (TPSA) is 85.6 Å². The first-order valence-corrected chi connectivity index (χ1v) is 13.4. The zero-order chi connectivity index (χ0) is 26.7. The van der Waals surface area contributed by atoms with E-state index < -0.39 is 0 Å². The number of benzene rings is 2. The fourth-order valence-electron chi connectivity index (χ4n) is 4.95. The van der Waals surface area contributed by atoms with Crippen molar-refractivity contribution in [2.45, 2.75) is 38.8 Å². The van der Waals surface area contributed by atoms with Gasteiger partial charge in [0, 0.05) is 51.3 Å². The molecule has 1 fully saturated rings. The number of aromatic nitrogens is 4. The third-order valence-corrected chi connectivity index (χ3v) is 6.89. The zero-order valence-corrected chi connectivity index (χ0v) is 22.5. The number of methoxy groups -OCH3 is 1. The zero-order valence-electron chi connectivity index (χ0n) is 22.5. The second kappa shape index (κ2) is 13.8. The Morgan fingerprint density at radius 1 is 1.08 bits per heavy atom. The second-order valence-corrected chi connectivity index (χ2v) is 9.41. The summed E-state index contributed by atoms with van der Waals surface area (Å²) in [6, 6.07) is 17.0. The van der Waals surface area contributed by atoms with Crippen LogP contribution in [0.5, 0.6) is 5.75 Å². The summed E-state index contributed by atoms with van der Waals surface area (Å²) in [7, 11) is 1.71.